The molecule has 0 spiro atoms. The van der Waals surface area contributed by atoms with E-state index in [1.807, 2.05) is 42.5 Å². The fourth-order valence-corrected chi connectivity index (χ4v) is 2.85. The number of hydrogen-bond acceptors (Lipinski definition) is 4. The van der Waals surface area contributed by atoms with Crippen molar-refractivity contribution in [2.24, 2.45) is 5.10 Å². The summed E-state index contributed by atoms with van der Waals surface area (Å²) in [7, 11) is 0. The molecule has 0 saturated carbocycles. The minimum Gasteiger partial charge on any atom is -0.261 e. The highest BCUT2D eigenvalue weighted by molar-refractivity contribution is 6.33. The molecule has 0 radical (unpaired) electrons. The molecule has 4 aromatic rings. The summed E-state index contributed by atoms with van der Waals surface area (Å²) in [5.41, 5.74) is 4.74. The van der Waals surface area contributed by atoms with Crippen LogP contribution < -0.4 is 5.43 Å². The van der Waals surface area contributed by atoms with Gasteiger partial charge in [-0.25, -0.2) is 14.4 Å². The number of hydrazone groups is 1. The molecule has 0 bridgehead atoms. The van der Waals surface area contributed by atoms with Crippen molar-refractivity contribution in [2.45, 2.75) is 0 Å². The fraction of sp³-hybridized carbons (Fsp3) is 0. The summed E-state index contributed by atoms with van der Waals surface area (Å²) in [6.45, 7) is 0. The molecular weight excluding hydrogens is 363 g/mol. The highest BCUT2D eigenvalue weighted by atomic mass is 35.5. The molecule has 0 aliphatic heterocycles. The number of aromatic nitrogens is 2. The van der Waals surface area contributed by atoms with Crippen LogP contribution in [0.1, 0.15) is 5.56 Å². The van der Waals surface area contributed by atoms with Gasteiger partial charge in [-0.3, -0.25) is 5.43 Å². The van der Waals surface area contributed by atoms with Gasteiger partial charge in [0.2, 0.25) is 0 Å². The van der Waals surface area contributed by atoms with Crippen LogP contribution in [0.2, 0.25) is 5.02 Å². The Hall–Kier alpha value is -3.31. The van der Waals surface area contributed by atoms with Crippen molar-refractivity contribution in [3.8, 4) is 11.4 Å². The lowest BCUT2D eigenvalue weighted by Gasteiger charge is -2.08. The molecule has 0 aliphatic carbocycles. The van der Waals surface area contributed by atoms with E-state index in [0.717, 1.165) is 10.9 Å². The first-order valence-electron chi connectivity index (χ1n) is 8.27. The molecule has 3 aromatic carbocycles. The predicted octanol–water partition coefficient (Wildman–Crippen LogP) is 5.54. The van der Waals surface area contributed by atoms with Gasteiger partial charge in [0.05, 0.1) is 17.3 Å². The lowest BCUT2D eigenvalue weighted by atomic mass is 10.1. The Balaban J connectivity index is 1.75. The number of anilines is 1. The minimum atomic E-state index is -0.377. The van der Waals surface area contributed by atoms with Gasteiger partial charge >= 0.3 is 0 Å². The van der Waals surface area contributed by atoms with Gasteiger partial charge < -0.3 is 0 Å². The maximum Gasteiger partial charge on any atom is 0.165 e. The Morgan fingerprint density at radius 1 is 0.889 bits per heavy atom. The van der Waals surface area contributed by atoms with Crippen molar-refractivity contribution in [3.05, 3.63) is 89.2 Å². The molecule has 1 heterocycles. The molecule has 0 aliphatic rings. The van der Waals surface area contributed by atoms with Crippen LogP contribution >= 0.6 is 11.6 Å². The van der Waals surface area contributed by atoms with Crippen molar-refractivity contribution in [3.63, 3.8) is 0 Å². The second-order valence-corrected chi connectivity index (χ2v) is 6.19. The number of nitrogens with one attached hydrogen (secondary N) is 1. The monoisotopic (exact) mass is 376 g/mol. The van der Waals surface area contributed by atoms with Gasteiger partial charge in [-0.15, -0.1) is 0 Å². The van der Waals surface area contributed by atoms with Crippen LogP contribution in [-0.2, 0) is 0 Å². The fourth-order valence-electron chi connectivity index (χ4n) is 2.67. The molecule has 6 heteroatoms. The van der Waals surface area contributed by atoms with E-state index in [2.05, 4.69) is 20.5 Å². The lowest BCUT2D eigenvalue weighted by Crippen LogP contribution is -2.00. The molecule has 0 fully saturated rings. The first-order chi connectivity index (χ1) is 13.2. The van der Waals surface area contributed by atoms with E-state index < -0.39 is 0 Å². The largest absolute Gasteiger partial charge is 0.261 e. The average Bonchev–Trinajstić information content (AvgIpc) is 2.69. The van der Waals surface area contributed by atoms with E-state index >= 15 is 0 Å². The topological polar surface area (TPSA) is 50.2 Å². The third kappa shape index (κ3) is 3.64. The molecule has 1 N–H and O–H groups in total. The van der Waals surface area contributed by atoms with Gasteiger partial charge in [0, 0.05) is 16.0 Å². The van der Waals surface area contributed by atoms with E-state index in [-0.39, 0.29) is 5.82 Å². The number of nitrogens with zero attached hydrogens (tertiary/aromatic N) is 3. The Morgan fingerprint density at radius 3 is 2.48 bits per heavy atom. The first-order valence-corrected chi connectivity index (χ1v) is 8.65. The summed E-state index contributed by atoms with van der Waals surface area (Å²) in [6.07, 6.45) is 1.61. The molecule has 0 amide bonds. The maximum atomic E-state index is 14.2. The molecule has 0 unspecified atom stereocenters. The molecule has 132 valence electrons. The van der Waals surface area contributed by atoms with Crippen molar-refractivity contribution >= 4 is 34.5 Å². The summed E-state index contributed by atoms with van der Waals surface area (Å²) >= 11 is 6.14. The number of benzene rings is 3. The summed E-state index contributed by atoms with van der Waals surface area (Å²) in [4.78, 5) is 8.96. The number of hydrogen-bond donors (Lipinski definition) is 1. The molecule has 1 aromatic heterocycles. The highest BCUT2D eigenvalue weighted by Gasteiger charge is 2.12. The molecule has 0 atom stereocenters. The van der Waals surface area contributed by atoms with Crippen molar-refractivity contribution in [2.75, 3.05) is 5.43 Å². The van der Waals surface area contributed by atoms with Crippen LogP contribution in [0.5, 0.6) is 0 Å². The summed E-state index contributed by atoms with van der Waals surface area (Å²) in [6, 6.07) is 21.3. The van der Waals surface area contributed by atoms with Gasteiger partial charge in [-0.05, 0) is 30.3 Å². The molecule has 27 heavy (non-hydrogen) atoms. The average molecular weight is 377 g/mol. The number of fused-ring (bicyclic) bond motifs is 1. The van der Waals surface area contributed by atoms with Crippen LogP contribution in [0.3, 0.4) is 0 Å². The molecule has 4 rings (SSSR count). The second-order valence-electron chi connectivity index (χ2n) is 5.78. The zero-order valence-corrected chi connectivity index (χ0v) is 14.9. The van der Waals surface area contributed by atoms with E-state index in [4.69, 9.17) is 11.6 Å². The second kappa shape index (κ2) is 7.51. The zero-order valence-electron chi connectivity index (χ0n) is 14.1. The smallest absolute Gasteiger partial charge is 0.165 e. The van der Waals surface area contributed by atoms with Crippen molar-refractivity contribution in [1.29, 1.82) is 0 Å². The standard InChI is InChI=1S/C21H14ClFN4/c22-17-10-4-1-7-14(17)13-24-27-21-16-9-3-6-12-19(16)25-20(26-21)15-8-2-5-11-18(15)23/h1-13H,(H,25,26,27)/b24-13+. The van der Waals surface area contributed by atoms with Crippen LogP contribution in [0.4, 0.5) is 10.2 Å². The minimum absolute atomic E-state index is 0.294. The van der Waals surface area contributed by atoms with Crippen LogP contribution in [0.25, 0.3) is 22.3 Å². The third-order valence-corrected chi connectivity index (χ3v) is 4.34. The van der Waals surface area contributed by atoms with Gasteiger partial charge in [0.25, 0.3) is 0 Å². The third-order valence-electron chi connectivity index (χ3n) is 4.00. The van der Waals surface area contributed by atoms with Crippen LogP contribution in [0.15, 0.2) is 77.9 Å². The summed E-state index contributed by atoms with van der Waals surface area (Å²) < 4.78 is 14.2. The van der Waals surface area contributed by atoms with Gasteiger partial charge in [0.1, 0.15) is 5.82 Å². The Labute approximate surface area is 160 Å². The van der Waals surface area contributed by atoms with E-state index in [9.17, 15) is 4.39 Å². The lowest BCUT2D eigenvalue weighted by molar-refractivity contribution is 0.630. The number of para-hydroxylation sites is 1. The summed E-state index contributed by atoms with van der Waals surface area (Å²) in [5, 5.41) is 5.62. The van der Waals surface area contributed by atoms with Gasteiger partial charge in [-0.1, -0.05) is 54.1 Å². The normalized spacial score (nSPS) is 11.2. The zero-order chi connectivity index (χ0) is 18.6. The SMILES string of the molecule is Fc1ccccc1-c1nc(N/N=C/c2ccccc2Cl)c2ccccc2n1. The van der Waals surface area contributed by atoms with Gasteiger partial charge in [-0.2, -0.15) is 5.10 Å². The summed E-state index contributed by atoms with van der Waals surface area (Å²) in [5.74, 6) is 0.405. The van der Waals surface area contributed by atoms with E-state index in [1.165, 1.54) is 6.07 Å². The van der Waals surface area contributed by atoms with Crippen LogP contribution in [-0.4, -0.2) is 16.2 Å². The van der Waals surface area contributed by atoms with E-state index in [1.54, 1.807) is 30.5 Å². The Morgan fingerprint density at radius 2 is 1.63 bits per heavy atom. The molecule has 0 saturated heterocycles. The number of halogens is 2. The predicted molar refractivity (Wildman–Crippen MR) is 108 cm³/mol. The van der Waals surface area contributed by atoms with Crippen LogP contribution in [0, 0.1) is 5.82 Å². The van der Waals surface area contributed by atoms with Crippen molar-refractivity contribution < 1.29 is 4.39 Å². The van der Waals surface area contributed by atoms with Gasteiger partial charge in [0.15, 0.2) is 11.6 Å². The molecule has 4 nitrogen and oxygen atoms in total. The highest BCUT2D eigenvalue weighted by Crippen LogP contribution is 2.26. The number of rotatable bonds is 4. The quantitative estimate of drug-likeness (QED) is 0.376. The van der Waals surface area contributed by atoms with E-state index in [0.29, 0.717) is 27.7 Å². The first kappa shape index (κ1) is 17.1. The Kier molecular flexibility index (Phi) is 4.77. The molecular formula is C21H14ClFN4. The maximum absolute atomic E-state index is 14.2. The Bertz CT molecular complexity index is 1140. The van der Waals surface area contributed by atoms with Crippen molar-refractivity contribution in [1.82, 2.24) is 9.97 Å².